The lowest BCUT2D eigenvalue weighted by molar-refractivity contribution is 0.0500. The number of esters is 1. The maximum absolute atomic E-state index is 13.5. The quantitative estimate of drug-likeness (QED) is 0.373. The molecular weight excluding hydrogens is 393 g/mol. The summed E-state index contributed by atoms with van der Waals surface area (Å²) in [4.78, 5) is 24.5. The van der Waals surface area contributed by atoms with Crippen LogP contribution in [-0.2, 0) is 4.74 Å². The van der Waals surface area contributed by atoms with E-state index in [-0.39, 0.29) is 11.8 Å². The molecule has 0 spiro atoms. The smallest absolute Gasteiger partial charge is 0.338 e. The summed E-state index contributed by atoms with van der Waals surface area (Å²) >= 11 is 0. The second-order valence-electron chi connectivity index (χ2n) is 8.00. The summed E-state index contributed by atoms with van der Waals surface area (Å²) in [5.74, 6) is 0.175. The van der Waals surface area contributed by atoms with Crippen LogP contribution in [0, 0.1) is 5.82 Å². The highest BCUT2D eigenvalue weighted by Crippen LogP contribution is 2.31. The van der Waals surface area contributed by atoms with Crippen molar-refractivity contribution in [1.29, 1.82) is 0 Å². The normalized spacial score (nSPS) is 14.5. The Morgan fingerprint density at radius 1 is 1.00 bits per heavy atom. The van der Waals surface area contributed by atoms with Crippen molar-refractivity contribution in [2.24, 2.45) is 0 Å². The SMILES string of the molecule is CCCCOC(=O)c1ccc2nc(-c3ccc(F)cc3)c(N3CCCCCC3)nc2c1. The van der Waals surface area contributed by atoms with Crippen molar-refractivity contribution in [2.45, 2.75) is 45.4 Å². The van der Waals surface area contributed by atoms with Crippen LogP contribution < -0.4 is 4.90 Å². The second kappa shape index (κ2) is 9.86. The molecule has 2 heterocycles. The van der Waals surface area contributed by atoms with Crippen molar-refractivity contribution in [1.82, 2.24) is 9.97 Å². The highest BCUT2D eigenvalue weighted by molar-refractivity contribution is 5.94. The van der Waals surface area contributed by atoms with Gasteiger partial charge in [-0.15, -0.1) is 0 Å². The van der Waals surface area contributed by atoms with Gasteiger partial charge >= 0.3 is 5.97 Å². The van der Waals surface area contributed by atoms with Gasteiger partial charge in [0, 0.05) is 18.7 Å². The summed E-state index contributed by atoms with van der Waals surface area (Å²) in [6, 6.07) is 11.7. The van der Waals surface area contributed by atoms with Crippen LogP contribution in [0.25, 0.3) is 22.3 Å². The number of benzene rings is 2. The fraction of sp³-hybridized carbons (Fsp3) is 0.400. The minimum absolute atomic E-state index is 0.278. The number of fused-ring (bicyclic) bond motifs is 1. The Kier molecular flexibility index (Phi) is 6.75. The summed E-state index contributed by atoms with van der Waals surface area (Å²) in [6.07, 6.45) is 6.44. The van der Waals surface area contributed by atoms with Gasteiger partial charge in [0.25, 0.3) is 0 Å². The molecule has 1 saturated heterocycles. The number of carbonyl (C=O) groups excluding carboxylic acids is 1. The lowest BCUT2D eigenvalue weighted by Crippen LogP contribution is -2.26. The van der Waals surface area contributed by atoms with Crippen molar-refractivity contribution in [3.8, 4) is 11.3 Å². The first-order valence-corrected chi connectivity index (χ1v) is 11.2. The third kappa shape index (κ3) is 5.01. The third-order valence-corrected chi connectivity index (χ3v) is 5.64. The summed E-state index contributed by atoms with van der Waals surface area (Å²) < 4.78 is 18.9. The van der Waals surface area contributed by atoms with Crippen LogP contribution in [0.2, 0.25) is 0 Å². The number of hydrogen-bond donors (Lipinski definition) is 0. The maximum Gasteiger partial charge on any atom is 0.338 e. The number of rotatable bonds is 6. The molecular formula is C25H28FN3O2. The maximum atomic E-state index is 13.5. The molecule has 0 N–H and O–H groups in total. The van der Waals surface area contributed by atoms with E-state index in [1.165, 1.54) is 25.0 Å². The molecule has 1 aliphatic rings. The number of carbonyl (C=O) groups is 1. The zero-order chi connectivity index (χ0) is 21.6. The van der Waals surface area contributed by atoms with Gasteiger partial charge in [-0.2, -0.15) is 0 Å². The largest absolute Gasteiger partial charge is 0.462 e. The molecule has 0 radical (unpaired) electrons. The van der Waals surface area contributed by atoms with Crippen LogP contribution in [0.4, 0.5) is 10.2 Å². The molecule has 3 aromatic rings. The zero-order valence-corrected chi connectivity index (χ0v) is 17.9. The topological polar surface area (TPSA) is 55.3 Å². The van der Waals surface area contributed by atoms with E-state index >= 15 is 0 Å². The van der Waals surface area contributed by atoms with Gasteiger partial charge in [-0.05, 0) is 61.7 Å². The third-order valence-electron chi connectivity index (χ3n) is 5.64. The van der Waals surface area contributed by atoms with Crippen LogP contribution in [0.15, 0.2) is 42.5 Å². The monoisotopic (exact) mass is 421 g/mol. The Bertz CT molecular complexity index is 1040. The fourth-order valence-corrected chi connectivity index (χ4v) is 3.87. The lowest BCUT2D eigenvalue weighted by Gasteiger charge is -2.24. The van der Waals surface area contributed by atoms with Gasteiger partial charge in [0.15, 0.2) is 5.82 Å². The molecule has 5 nitrogen and oxygen atoms in total. The minimum Gasteiger partial charge on any atom is -0.462 e. The first-order valence-electron chi connectivity index (χ1n) is 11.2. The van der Waals surface area contributed by atoms with Crippen LogP contribution in [0.3, 0.4) is 0 Å². The molecule has 0 saturated carbocycles. The summed E-state index contributed by atoms with van der Waals surface area (Å²) in [5, 5.41) is 0. The average Bonchev–Trinajstić information content (AvgIpc) is 3.08. The molecule has 31 heavy (non-hydrogen) atoms. The summed E-state index contributed by atoms with van der Waals surface area (Å²) in [7, 11) is 0. The van der Waals surface area contributed by atoms with Gasteiger partial charge < -0.3 is 9.64 Å². The van der Waals surface area contributed by atoms with Crippen molar-refractivity contribution >= 4 is 22.8 Å². The number of unbranched alkanes of at least 4 members (excludes halogenated alkanes) is 1. The first-order chi connectivity index (χ1) is 15.2. The van der Waals surface area contributed by atoms with Gasteiger partial charge in [-0.3, -0.25) is 0 Å². The van der Waals surface area contributed by atoms with E-state index in [2.05, 4.69) is 11.8 Å². The highest BCUT2D eigenvalue weighted by Gasteiger charge is 2.20. The molecule has 0 atom stereocenters. The van der Waals surface area contributed by atoms with Crippen LogP contribution in [0.1, 0.15) is 55.8 Å². The number of nitrogens with zero attached hydrogens (tertiary/aromatic N) is 3. The molecule has 1 fully saturated rings. The van der Waals surface area contributed by atoms with E-state index in [4.69, 9.17) is 14.7 Å². The molecule has 6 heteroatoms. The Labute approximate surface area is 182 Å². The van der Waals surface area contributed by atoms with E-state index in [1.54, 1.807) is 30.3 Å². The average molecular weight is 422 g/mol. The molecule has 162 valence electrons. The van der Waals surface area contributed by atoms with Gasteiger partial charge in [-0.1, -0.05) is 26.2 Å². The Balaban J connectivity index is 1.76. The lowest BCUT2D eigenvalue weighted by atomic mass is 10.1. The predicted octanol–water partition coefficient (Wildman–Crippen LogP) is 5.77. The summed E-state index contributed by atoms with van der Waals surface area (Å²) in [5.41, 5.74) is 3.41. The van der Waals surface area contributed by atoms with Crippen molar-refractivity contribution in [2.75, 3.05) is 24.6 Å². The molecule has 0 bridgehead atoms. The minimum atomic E-state index is -0.337. The highest BCUT2D eigenvalue weighted by atomic mass is 19.1. The molecule has 1 aliphatic heterocycles. The first kappa shape index (κ1) is 21.2. The van der Waals surface area contributed by atoms with E-state index in [9.17, 15) is 9.18 Å². The van der Waals surface area contributed by atoms with Crippen LogP contribution in [-0.4, -0.2) is 35.6 Å². The summed E-state index contributed by atoms with van der Waals surface area (Å²) in [6.45, 7) is 4.30. The van der Waals surface area contributed by atoms with E-state index < -0.39 is 0 Å². The number of aromatic nitrogens is 2. The molecule has 1 aromatic heterocycles. The van der Waals surface area contributed by atoms with Crippen molar-refractivity contribution in [3.05, 3.63) is 53.8 Å². The molecule has 2 aromatic carbocycles. The Morgan fingerprint density at radius 3 is 2.45 bits per heavy atom. The van der Waals surface area contributed by atoms with Crippen molar-refractivity contribution in [3.63, 3.8) is 0 Å². The van der Waals surface area contributed by atoms with E-state index in [0.717, 1.165) is 55.8 Å². The number of ether oxygens (including phenoxy) is 1. The molecule has 0 aliphatic carbocycles. The zero-order valence-electron chi connectivity index (χ0n) is 17.9. The predicted molar refractivity (Wildman–Crippen MR) is 121 cm³/mol. The number of halogens is 1. The van der Waals surface area contributed by atoms with Crippen LogP contribution >= 0.6 is 0 Å². The van der Waals surface area contributed by atoms with Gasteiger partial charge in [0.1, 0.15) is 11.5 Å². The van der Waals surface area contributed by atoms with E-state index in [1.807, 2.05) is 0 Å². The van der Waals surface area contributed by atoms with Gasteiger partial charge in [0.2, 0.25) is 0 Å². The molecule has 4 rings (SSSR count). The van der Waals surface area contributed by atoms with Crippen LogP contribution in [0.5, 0.6) is 0 Å². The standard InChI is InChI=1S/C25H28FN3O2/c1-2-3-16-31-25(30)19-10-13-21-22(17-19)28-24(29-14-6-4-5-7-15-29)23(27-21)18-8-11-20(26)12-9-18/h8-13,17H,2-7,14-16H2,1H3. The number of hydrogen-bond acceptors (Lipinski definition) is 5. The Hall–Kier alpha value is -3.02. The van der Waals surface area contributed by atoms with E-state index in [0.29, 0.717) is 23.2 Å². The van der Waals surface area contributed by atoms with Gasteiger partial charge in [-0.25, -0.2) is 19.2 Å². The number of anilines is 1. The van der Waals surface area contributed by atoms with Crippen molar-refractivity contribution < 1.29 is 13.9 Å². The second-order valence-corrected chi connectivity index (χ2v) is 8.00. The Morgan fingerprint density at radius 2 is 1.74 bits per heavy atom. The van der Waals surface area contributed by atoms with Gasteiger partial charge in [0.05, 0.1) is 23.2 Å². The molecule has 0 unspecified atom stereocenters. The fourth-order valence-electron chi connectivity index (χ4n) is 3.87. The molecule has 0 amide bonds.